The second-order valence-electron chi connectivity index (χ2n) is 9.24. The predicted molar refractivity (Wildman–Crippen MR) is 109 cm³/mol. The average molecular weight is 364 g/mol. The van der Waals surface area contributed by atoms with Gasteiger partial charge in [0.15, 0.2) is 9.76 Å². The van der Waals surface area contributed by atoms with Crippen molar-refractivity contribution < 1.29 is 9.22 Å². The summed E-state index contributed by atoms with van der Waals surface area (Å²) in [6, 6.07) is 10.5. The van der Waals surface area contributed by atoms with Crippen LogP contribution < -0.4 is 5.73 Å². The van der Waals surface area contributed by atoms with E-state index in [2.05, 4.69) is 65.8 Å². The zero-order chi connectivity index (χ0) is 19.1. The van der Waals surface area contributed by atoms with E-state index >= 15 is 0 Å². The highest BCUT2D eigenvalue weighted by Crippen LogP contribution is 2.44. The van der Waals surface area contributed by atoms with E-state index in [1.54, 1.807) is 0 Å². The number of hydrogen-bond acceptors (Lipinski definition) is 2. The van der Waals surface area contributed by atoms with E-state index in [4.69, 9.17) is 10.2 Å². The van der Waals surface area contributed by atoms with Crippen molar-refractivity contribution in [1.29, 1.82) is 0 Å². The monoisotopic (exact) mass is 363 g/mol. The van der Waals surface area contributed by atoms with Gasteiger partial charge >= 0.3 is 0 Å². The zero-order valence-electron chi connectivity index (χ0n) is 17.0. The molecule has 0 saturated heterocycles. The smallest absolute Gasteiger partial charge is 0.245 e. The molecule has 1 amide bonds. The number of nitrogens with two attached hydrogens (primary N) is 1. The molecule has 142 valence electrons. The summed E-state index contributed by atoms with van der Waals surface area (Å²) in [6.45, 7) is 13.6. The van der Waals surface area contributed by atoms with Gasteiger partial charge < -0.3 is 10.2 Å². The fourth-order valence-corrected chi connectivity index (χ4v) is 5.38. The van der Waals surface area contributed by atoms with Gasteiger partial charge in [0.2, 0.25) is 5.91 Å². The summed E-state index contributed by atoms with van der Waals surface area (Å²) in [5.41, 5.74) is 7.79. The Bertz CT molecular complexity index is 503. The Morgan fingerprint density at radius 2 is 1.60 bits per heavy atom. The summed E-state index contributed by atoms with van der Waals surface area (Å²) in [6.07, 6.45) is 3.37. The number of carbonyl (C=O) groups is 1. The third-order valence-corrected chi connectivity index (χ3v) is 8.27. The van der Waals surface area contributed by atoms with Gasteiger partial charge in [0, 0.05) is 0 Å². The maximum absolute atomic E-state index is 11.8. The summed E-state index contributed by atoms with van der Waals surface area (Å²) >= 11 is 0. The molecule has 1 unspecified atom stereocenters. The summed E-state index contributed by atoms with van der Waals surface area (Å²) in [5.74, 6) is -0.311. The lowest BCUT2D eigenvalue weighted by molar-refractivity contribution is -0.125. The van der Waals surface area contributed by atoms with E-state index < -0.39 is 15.9 Å². The van der Waals surface area contributed by atoms with Crippen LogP contribution in [0.15, 0.2) is 30.3 Å². The van der Waals surface area contributed by atoms with Crippen LogP contribution >= 0.6 is 0 Å². The number of primary amides is 1. The number of aryl methyl sites for hydroxylation is 1. The van der Waals surface area contributed by atoms with Crippen LogP contribution in [-0.2, 0) is 15.6 Å². The maximum Gasteiger partial charge on any atom is 0.245 e. The molecule has 0 spiro atoms. The maximum atomic E-state index is 11.8. The van der Waals surface area contributed by atoms with Crippen molar-refractivity contribution in [3.63, 3.8) is 0 Å². The summed E-state index contributed by atoms with van der Waals surface area (Å²) < 4.78 is 6.14. The second kappa shape index (κ2) is 9.53. The van der Waals surface area contributed by atoms with E-state index in [1.807, 2.05) is 6.07 Å². The third kappa shape index (κ3) is 8.19. The highest BCUT2D eigenvalue weighted by atomic mass is 28.2. The van der Waals surface area contributed by atoms with Crippen LogP contribution in [0.4, 0.5) is 0 Å². The number of rotatable bonds is 9. The summed E-state index contributed by atoms with van der Waals surface area (Å²) in [4.78, 5) is 11.8. The number of carbonyl (C=O) groups excluding carboxylic acids is 1. The molecular formula is C21H37NO2Si. The highest BCUT2D eigenvalue weighted by Gasteiger charge is 2.36. The van der Waals surface area contributed by atoms with Gasteiger partial charge in [-0.3, -0.25) is 4.79 Å². The Kier molecular flexibility index (Phi) is 8.35. The molecule has 0 bridgehead atoms. The van der Waals surface area contributed by atoms with Crippen LogP contribution in [-0.4, -0.2) is 21.8 Å². The van der Waals surface area contributed by atoms with Gasteiger partial charge in [-0.05, 0) is 41.2 Å². The minimum absolute atomic E-state index is 0.181. The quantitative estimate of drug-likeness (QED) is 0.527. The fourth-order valence-electron chi connectivity index (χ4n) is 3.62. The minimum Gasteiger partial charge on any atom is -0.412 e. The largest absolute Gasteiger partial charge is 0.412 e. The normalized spacial score (nSPS) is 14.4. The van der Waals surface area contributed by atoms with Crippen LogP contribution in [0.25, 0.3) is 0 Å². The lowest BCUT2D eigenvalue weighted by atomic mass is 9.77. The highest BCUT2D eigenvalue weighted by molar-refractivity contribution is 6.30. The Balaban J connectivity index is 2.49. The standard InChI is InChI=1S/C21H37NO2Si/c1-20(2,3)19(21(4,5)6)25-24-17(18(22)23)15-11-10-14-16-12-8-7-9-13-16/h7-9,12-13,17,19H,10-11,14-15,25H2,1-6H3,(H2,22,23). The zero-order valence-corrected chi connectivity index (χ0v) is 18.4. The molecule has 0 saturated carbocycles. The molecular weight excluding hydrogens is 326 g/mol. The third-order valence-electron chi connectivity index (χ3n) is 4.90. The van der Waals surface area contributed by atoms with Gasteiger partial charge in [-0.2, -0.15) is 0 Å². The molecule has 4 heteroatoms. The summed E-state index contributed by atoms with van der Waals surface area (Å²) in [5, 5.41) is 0. The first-order valence-electron chi connectivity index (χ1n) is 9.46. The Hall–Kier alpha value is -1.13. The molecule has 0 radical (unpaired) electrons. The molecule has 0 heterocycles. The van der Waals surface area contributed by atoms with E-state index in [1.165, 1.54) is 5.56 Å². The van der Waals surface area contributed by atoms with Crippen molar-refractivity contribution in [3.05, 3.63) is 35.9 Å². The van der Waals surface area contributed by atoms with E-state index in [-0.39, 0.29) is 16.7 Å². The first kappa shape index (κ1) is 21.9. The van der Waals surface area contributed by atoms with Crippen molar-refractivity contribution in [2.75, 3.05) is 0 Å². The van der Waals surface area contributed by atoms with Gasteiger partial charge in [0.25, 0.3) is 0 Å². The van der Waals surface area contributed by atoms with Crippen LogP contribution in [0.1, 0.15) is 66.4 Å². The van der Waals surface area contributed by atoms with Gasteiger partial charge in [0.05, 0.1) is 0 Å². The molecule has 0 aliphatic heterocycles. The van der Waals surface area contributed by atoms with E-state index in [0.717, 1.165) is 25.7 Å². The molecule has 1 atom stereocenters. The fraction of sp³-hybridized carbons (Fsp3) is 0.667. The van der Waals surface area contributed by atoms with Crippen molar-refractivity contribution in [2.24, 2.45) is 16.6 Å². The average Bonchev–Trinajstić information content (AvgIpc) is 2.47. The molecule has 1 rings (SSSR count). The Labute approximate surface area is 156 Å². The number of amides is 1. The molecule has 3 nitrogen and oxygen atoms in total. The lowest BCUT2D eigenvalue weighted by Crippen LogP contribution is -2.38. The van der Waals surface area contributed by atoms with E-state index in [9.17, 15) is 4.79 Å². The topological polar surface area (TPSA) is 52.3 Å². The van der Waals surface area contributed by atoms with Crippen molar-refractivity contribution >= 4 is 15.7 Å². The minimum atomic E-state index is -0.859. The summed E-state index contributed by atoms with van der Waals surface area (Å²) in [7, 11) is -0.859. The molecule has 1 aromatic rings. The number of benzene rings is 1. The van der Waals surface area contributed by atoms with Crippen molar-refractivity contribution in [2.45, 2.75) is 78.9 Å². The van der Waals surface area contributed by atoms with Crippen molar-refractivity contribution in [3.8, 4) is 0 Å². The molecule has 0 aliphatic rings. The molecule has 0 aliphatic carbocycles. The van der Waals surface area contributed by atoms with Crippen LogP contribution in [0.5, 0.6) is 0 Å². The van der Waals surface area contributed by atoms with Crippen LogP contribution in [0, 0.1) is 10.8 Å². The number of hydrogen-bond donors (Lipinski definition) is 1. The Morgan fingerprint density at radius 1 is 1.04 bits per heavy atom. The molecule has 25 heavy (non-hydrogen) atoms. The first-order valence-corrected chi connectivity index (χ1v) is 10.9. The van der Waals surface area contributed by atoms with Crippen molar-refractivity contribution in [1.82, 2.24) is 0 Å². The van der Waals surface area contributed by atoms with Gasteiger partial charge in [-0.25, -0.2) is 0 Å². The SMILES string of the molecule is CC(C)(C)C([SiH2]OC(CCCCc1ccccc1)C(N)=O)C(C)(C)C. The Morgan fingerprint density at radius 3 is 2.08 bits per heavy atom. The van der Waals surface area contributed by atoms with Gasteiger partial charge in [-0.1, -0.05) is 78.3 Å². The molecule has 1 aromatic carbocycles. The second-order valence-corrected chi connectivity index (χ2v) is 10.7. The predicted octanol–water partition coefficient (Wildman–Crippen LogP) is 4.23. The lowest BCUT2D eigenvalue weighted by Gasteiger charge is -2.40. The van der Waals surface area contributed by atoms with Crippen LogP contribution in [0.2, 0.25) is 5.54 Å². The number of unbranched alkanes of at least 4 members (excludes halogenated alkanes) is 1. The van der Waals surface area contributed by atoms with Gasteiger partial charge in [0.1, 0.15) is 6.10 Å². The molecule has 0 fully saturated rings. The first-order chi connectivity index (χ1) is 11.5. The van der Waals surface area contributed by atoms with E-state index in [0.29, 0.717) is 5.54 Å². The molecule has 2 N–H and O–H groups in total. The van der Waals surface area contributed by atoms with Crippen LogP contribution in [0.3, 0.4) is 0 Å². The van der Waals surface area contributed by atoms with Gasteiger partial charge in [-0.15, -0.1) is 0 Å². The molecule has 0 aromatic heterocycles.